The third-order valence-electron chi connectivity index (χ3n) is 1.42. The van der Waals surface area contributed by atoms with Crippen LogP contribution in [-0.2, 0) is 0 Å². The van der Waals surface area contributed by atoms with E-state index >= 15 is 0 Å². The highest BCUT2D eigenvalue weighted by Gasteiger charge is 2.05. The summed E-state index contributed by atoms with van der Waals surface area (Å²) in [6.45, 7) is 2.00. The van der Waals surface area contributed by atoms with Crippen molar-refractivity contribution < 1.29 is 0 Å². The van der Waals surface area contributed by atoms with Gasteiger partial charge in [-0.15, -0.1) is 5.73 Å². The van der Waals surface area contributed by atoms with E-state index in [2.05, 4.69) is 11.8 Å². The highest BCUT2D eigenvalue weighted by molar-refractivity contribution is 5.15. The van der Waals surface area contributed by atoms with Crippen molar-refractivity contribution in [1.29, 1.82) is 0 Å². The maximum Gasteiger partial charge on any atom is 0.0175 e. The quantitative estimate of drug-likeness (QED) is 0.519. The summed E-state index contributed by atoms with van der Waals surface area (Å²) in [5.74, 6) is 0.384. The first-order chi connectivity index (χ1) is 4.30. The molecule has 9 heavy (non-hydrogen) atoms. The maximum absolute atomic E-state index is 5.63. The summed E-state index contributed by atoms with van der Waals surface area (Å²) in [4.78, 5) is 0. The highest BCUT2D eigenvalue weighted by atomic mass is 14.6. The van der Waals surface area contributed by atoms with Crippen molar-refractivity contribution in [3.63, 3.8) is 0 Å². The van der Waals surface area contributed by atoms with E-state index in [0.29, 0.717) is 5.92 Å². The van der Waals surface area contributed by atoms with Gasteiger partial charge in [-0.1, -0.05) is 12.2 Å². The number of hydrogen-bond acceptors (Lipinski definition) is 1. The number of hydrogen-bond donors (Lipinski definition) is 1. The first kappa shape index (κ1) is 6.34. The Morgan fingerprint density at radius 1 is 1.67 bits per heavy atom. The van der Waals surface area contributed by atoms with Crippen LogP contribution in [0.4, 0.5) is 0 Å². The van der Waals surface area contributed by atoms with Gasteiger partial charge in [0, 0.05) is 12.0 Å². The van der Waals surface area contributed by atoms with Gasteiger partial charge in [0.1, 0.15) is 0 Å². The Balaban J connectivity index is 2.65. The summed E-state index contributed by atoms with van der Waals surface area (Å²) in [6, 6.07) is 0.211. The van der Waals surface area contributed by atoms with E-state index in [0.717, 1.165) is 0 Å². The van der Waals surface area contributed by atoms with E-state index in [-0.39, 0.29) is 6.04 Å². The zero-order chi connectivity index (χ0) is 6.69. The molecular weight excluding hydrogens is 110 g/mol. The molecule has 2 atom stereocenters. The van der Waals surface area contributed by atoms with Gasteiger partial charge in [-0.2, -0.15) is 0 Å². The van der Waals surface area contributed by atoms with Crippen LogP contribution < -0.4 is 5.73 Å². The molecule has 0 aromatic heterocycles. The lowest BCUT2D eigenvalue weighted by molar-refractivity contribution is 0.633. The van der Waals surface area contributed by atoms with Gasteiger partial charge in [0.15, 0.2) is 0 Å². The van der Waals surface area contributed by atoms with Crippen molar-refractivity contribution in [1.82, 2.24) is 0 Å². The average Bonchev–Trinajstić information content (AvgIpc) is 1.90. The molecule has 1 unspecified atom stereocenters. The molecule has 0 saturated carbocycles. The van der Waals surface area contributed by atoms with Crippen molar-refractivity contribution in [3.05, 3.63) is 30.0 Å². The minimum atomic E-state index is 0.211. The molecule has 0 fully saturated rings. The van der Waals surface area contributed by atoms with Crippen LogP contribution >= 0.6 is 0 Å². The molecule has 1 heteroatoms. The molecule has 0 amide bonds. The number of allylic oxidation sites excluding steroid dienone is 1. The third kappa shape index (κ3) is 1.56. The molecule has 1 rings (SSSR count). The first-order valence-electron chi connectivity index (χ1n) is 3.15. The molecule has 0 spiro atoms. The van der Waals surface area contributed by atoms with Crippen molar-refractivity contribution in [2.75, 3.05) is 0 Å². The minimum absolute atomic E-state index is 0.211. The van der Waals surface area contributed by atoms with E-state index < -0.39 is 0 Å². The second kappa shape index (κ2) is 2.67. The van der Waals surface area contributed by atoms with Crippen LogP contribution in [0.5, 0.6) is 0 Å². The number of rotatable bonds is 1. The largest absolute Gasteiger partial charge is 0.327 e. The molecule has 1 nitrogen and oxygen atoms in total. The second-order valence-corrected chi connectivity index (χ2v) is 2.32. The molecule has 0 aromatic rings. The van der Waals surface area contributed by atoms with Crippen molar-refractivity contribution >= 4 is 0 Å². The molecule has 2 N–H and O–H groups in total. The van der Waals surface area contributed by atoms with Gasteiger partial charge in [-0.25, -0.2) is 0 Å². The van der Waals surface area contributed by atoms with Crippen LogP contribution in [0.25, 0.3) is 0 Å². The number of nitrogens with two attached hydrogens (primary N) is 1. The van der Waals surface area contributed by atoms with Gasteiger partial charge in [-0.05, 0) is 19.1 Å². The normalized spacial score (nSPS) is 26.7. The SMILES string of the molecule is C[C@H](N)C1C=C=CC=C1. The summed E-state index contributed by atoms with van der Waals surface area (Å²) < 4.78 is 0. The van der Waals surface area contributed by atoms with Gasteiger partial charge in [0.05, 0.1) is 0 Å². The topological polar surface area (TPSA) is 26.0 Å². The van der Waals surface area contributed by atoms with Crippen LogP contribution in [0.2, 0.25) is 0 Å². The van der Waals surface area contributed by atoms with Crippen molar-refractivity contribution in [2.45, 2.75) is 13.0 Å². The fourth-order valence-corrected chi connectivity index (χ4v) is 0.789. The van der Waals surface area contributed by atoms with Crippen LogP contribution in [-0.4, -0.2) is 6.04 Å². The van der Waals surface area contributed by atoms with E-state index in [1.807, 2.05) is 25.2 Å². The molecule has 0 radical (unpaired) electrons. The fourth-order valence-electron chi connectivity index (χ4n) is 0.789. The molecule has 0 aromatic carbocycles. The van der Waals surface area contributed by atoms with E-state index in [1.165, 1.54) is 0 Å². The molecular formula is C8H11N. The Labute approximate surface area is 55.6 Å². The standard InChI is InChI=1S/C8H11N/c1-7(9)8-5-3-2-4-6-8/h2-3,5-8H,9H2,1H3/t7-,8?/m0/s1. The molecule has 1 aliphatic rings. The zero-order valence-corrected chi connectivity index (χ0v) is 5.54. The smallest absolute Gasteiger partial charge is 0.0175 e. The van der Waals surface area contributed by atoms with Gasteiger partial charge in [0.2, 0.25) is 0 Å². The van der Waals surface area contributed by atoms with Gasteiger partial charge < -0.3 is 5.73 Å². The predicted octanol–water partition coefficient (Wildman–Crippen LogP) is 1.23. The average molecular weight is 121 g/mol. The zero-order valence-electron chi connectivity index (χ0n) is 5.54. The maximum atomic E-state index is 5.63. The Hall–Kier alpha value is -0.780. The fraction of sp³-hybridized carbons (Fsp3) is 0.375. The molecule has 0 aliphatic heterocycles. The Kier molecular flexibility index (Phi) is 1.88. The van der Waals surface area contributed by atoms with Crippen LogP contribution in [0, 0.1) is 5.92 Å². The summed E-state index contributed by atoms with van der Waals surface area (Å²) >= 11 is 0. The Morgan fingerprint density at radius 2 is 2.44 bits per heavy atom. The van der Waals surface area contributed by atoms with Crippen LogP contribution in [0.15, 0.2) is 30.0 Å². The van der Waals surface area contributed by atoms with E-state index in [1.54, 1.807) is 0 Å². The molecule has 0 heterocycles. The lowest BCUT2D eigenvalue weighted by Crippen LogP contribution is -2.23. The monoisotopic (exact) mass is 121 g/mol. The predicted molar refractivity (Wildman–Crippen MR) is 38.9 cm³/mol. The summed E-state index contributed by atoms with van der Waals surface area (Å²) in [6.07, 6.45) is 7.94. The summed E-state index contributed by atoms with van der Waals surface area (Å²) in [5, 5.41) is 0. The van der Waals surface area contributed by atoms with Gasteiger partial charge in [0.25, 0.3) is 0 Å². The highest BCUT2D eigenvalue weighted by Crippen LogP contribution is 2.07. The van der Waals surface area contributed by atoms with Gasteiger partial charge in [-0.3, -0.25) is 0 Å². The van der Waals surface area contributed by atoms with Crippen LogP contribution in [0.1, 0.15) is 6.92 Å². The molecule has 0 bridgehead atoms. The Morgan fingerprint density at radius 3 is 2.78 bits per heavy atom. The minimum Gasteiger partial charge on any atom is -0.327 e. The molecule has 1 aliphatic carbocycles. The third-order valence-corrected chi connectivity index (χ3v) is 1.42. The summed E-state index contributed by atoms with van der Waals surface area (Å²) in [5.41, 5.74) is 8.63. The van der Waals surface area contributed by atoms with Crippen LogP contribution in [0.3, 0.4) is 0 Å². The molecule has 0 saturated heterocycles. The van der Waals surface area contributed by atoms with Gasteiger partial charge >= 0.3 is 0 Å². The summed E-state index contributed by atoms with van der Waals surface area (Å²) in [7, 11) is 0. The first-order valence-corrected chi connectivity index (χ1v) is 3.15. The van der Waals surface area contributed by atoms with Crippen molar-refractivity contribution in [2.24, 2.45) is 11.7 Å². The van der Waals surface area contributed by atoms with E-state index in [9.17, 15) is 0 Å². The molecule has 48 valence electrons. The van der Waals surface area contributed by atoms with Crippen molar-refractivity contribution in [3.8, 4) is 0 Å². The Bertz CT molecular complexity index is 171. The lowest BCUT2D eigenvalue weighted by Gasteiger charge is -2.11. The second-order valence-electron chi connectivity index (χ2n) is 2.32. The van der Waals surface area contributed by atoms with E-state index in [4.69, 9.17) is 5.73 Å². The lowest BCUT2D eigenvalue weighted by atomic mass is 10.00.